The van der Waals surface area contributed by atoms with E-state index in [0.717, 1.165) is 10.5 Å². The van der Waals surface area contributed by atoms with Gasteiger partial charge < -0.3 is 11.1 Å². The largest absolute Gasteiger partial charge is 0.325 e. The van der Waals surface area contributed by atoms with Gasteiger partial charge >= 0.3 is 0 Å². The second-order valence-electron chi connectivity index (χ2n) is 4.63. The minimum atomic E-state index is -0.591. The van der Waals surface area contributed by atoms with Gasteiger partial charge in [-0.2, -0.15) is 0 Å². The summed E-state index contributed by atoms with van der Waals surface area (Å²) >= 11 is 7.68. The molecule has 2 aromatic carbocycles. The fourth-order valence-corrected chi connectivity index (χ4v) is 2.81. The molecule has 3 nitrogen and oxygen atoms in total. The van der Waals surface area contributed by atoms with Crippen LogP contribution in [0.15, 0.2) is 53.4 Å². The van der Waals surface area contributed by atoms with E-state index in [0.29, 0.717) is 17.1 Å². The van der Waals surface area contributed by atoms with Gasteiger partial charge in [0.25, 0.3) is 0 Å². The van der Waals surface area contributed by atoms with Crippen LogP contribution in [-0.4, -0.2) is 18.2 Å². The van der Waals surface area contributed by atoms with Crippen LogP contribution in [0.2, 0.25) is 5.02 Å². The number of thioether (sulfide) groups is 1. The Labute approximate surface area is 133 Å². The van der Waals surface area contributed by atoms with Crippen LogP contribution in [0.25, 0.3) is 0 Å². The van der Waals surface area contributed by atoms with E-state index in [1.54, 1.807) is 17.8 Å². The Hall–Kier alpha value is -1.49. The Balaban J connectivity index is 1.99. The molecule has 1 atom stereocenters. The predicted octanol–water partition coefficient (Wildman–Crippen LogP) is 3.57. The zero-order chi connectivity index (χ0) is 15.2. The molecule has 21 heavy (non-hydrogen) atoms. The summed E-state index contributed by atoms with van der Waals surface area (Å²) in [6, 6.07) is 14.6. The van der Waals surface area contributed by atoms with E-state index < -0.39 is 6.04 Å². The quantitative estimate of drug-likeness (QED) is 0.828. The standard InChI is InChI=1S/C16H17ClN2OS/c1-21-15-8-7-12(10-13(15)17)19-16(20)14(18)9-11-5-3-2-4-6-11/h2-8,10,14H,9,18H2,1H3,(H,19,20). The Morgan fingerprint density at radius 1 is 1.29 bits per heavy atom. The number of nitrogens with two attached hydrogens (primary N) is 1. The maximum Gasteiger partial charge on any atom is 0.241 e. The van der Waals surface area contributed by atoms with Crippen LogP contribution >= 0.6 is 23.4 Å². The molecule has 110 valence electrons. The van der Waals surface area contributed by atoms with Crippen molar-refractivity contribution >= 4 is 35.0 Å². The number of carbonyl (C=O) groups excluding carboxylic acids is 1. The van der Waals surface area contributed by atoms with Crippen molar-refractivity contribution in [3.8, 4) is 0 Å². The third-order valence-electron chi connectivity index (χ3n) is 3.05. The summed E-state index contributed by atoms with van der Waals surface area (Å²) in [6.45, 7) is 0. The fourth-order valence-electron chi connectivity index (χ4n) is 1.94. The van der Waals surface area contributed by atoms with Gasteiger partial charge in [-0.3, -0.25) is 4.79 Å². The van der Waals surface area contributed by atoms with Crippen molar-refractivity contribution in [3.63, 3.8) is 0 Å². The van der Waals surface area contributed by atoms with Crippen LogP contribution < -0.4 is 11.1 Å². The van der Waals surface area contributed by atoms with E-state index in [-0.39, 0.29) is 5.91 Å². The van der Waals surface area contributed by atoms with Crippen LogP contribution in [0.3, 0.4) is 0 Å². The van der Waals surface area contributed by atoms with Crippen LogP contribution in [0.4, 0.5) is 5.69 Å². The molecule has 0 bridgehead atoms. The van der Waals surface area contributed by atoms with Crippen LogP contribution in [-0.2, 0) is 11.2 Å². The lowest BCUT2D eigenvalue weighted by molar-refractivity contribution is -0.117. The molecule has 0 aromatic heterocycles. The van der Waals surface area contributed by atoms with Crippen molar-refractivity contribution in [2.45, 2.75) is 17.4 Å². The Morgan fingerprint density at radius 3 is 2.62 bits per heavy atom. The van der Waals surface area contributed by atoms with Gasteiger partial charge in [0.1, 0.15) is 0 Å². The van der Waals surface area contributed by atoms with Gasteiger partial charge in [-0.25, -0.2) is 0 Å². The molecule has 3 N–H and O–H groups in total. The van der Waals surface area contributed by atoms with Gasteiger partial charge in [-0.15, -0.1) is 11.8 Å². The zero-order valence-corrected chi connectivity index (χ0v) is 13.2. The molecule has 0 saturated carbocycles. The van der Waals surface area contributed by atoms with E-state index in [9.17, 15) is 4.79 Å². The summed E-state index contributed by atoms with van der Waals surface area (Å²) in [7, 11) is 0. The maximum atomic E-state index is 12.1. The topological polar surface area (TPSA) is 55.1 Å². The third-order valence-corrected chi connectivity index (χ3v) is 4.28. The molecule has 0 aliphatic carbocycles. The molecule has 2 aromatic rings. The van der Waals surface area contributed by atoms with E-state index in [4.69, 9.17) is 17.3 Å². The molecular formula is C16H17ClN2OS. The predicted molar refractivity (Wildman–Crippen MR) is 90.0 cm³/mol. The monoisotopic (exact) mass is 320 g/mol. The highest BCUT2D eigenvalue weighted by atomic mass is 35.5. The van der Waals surface area contributed by atoms with Crippen LogP contribution in [0.5, 0.6) is 0 Å². The van der Waals surface area contributed by atoms with Gasteiger partial charge in [0, 0.05) is 10.6 Å². The van der Waals surface area contributed by atoms with E-state index in [2.05, 4.69) is 5.32 Å². The van der Waals surface area contributed by atoms with Gasteiger partial charge in [0.05, 0.1) is 11.1 Å². The zero-order valence-electron chi connectivity index (χ0n) is 11.7. The minimum Gasteiger partial charge on any atom is -0.325 e. The summed E-state index contributed by atoms with van der Waals surface area (Å²) in [5, 5.41) is 3.42. The first kappa shape index (κ1) is 15.9. The molecule has 0 saturated heterocycles. The number of hydrogen-bond donors (Lipinski definition) is 2. The van der Waals surface area contributed by atoms with Crippen molar-refractivity contribution in [1.29, 1.82) is 0 Å². The average Bonchev–Trinajstić information content (AvgIpc) is 2.48. The second kappa shape index (κ2) is 7.50. The number of amides is 1. The number of benzene rings is 2. The van der Waals surface area contributed by atoms with Gasteiger partial charge in [-0.1, -0.05) is 41.9 Å². The SMILES string of the molecule is CSc1ccc(NC(=O)C(N)Cc2ccccc2)cc1Cl. The first-order chi connectivity index (χ1) is 10.1. The van der Waals surface area contributed by atoms with Crippen molar-refractivity contribution < 1.29 is 4.79 Å². The summed E-state index contributed by atoms with van der Waals surface area (Å²) in [5.74, 6) is -0.216. The lowest BCUT2D eigenvalue weighted by Crippen LogP contribution is -2.37. The fraction of sp³-hybridized carbons (Fsp3) is 0.188. The Kier molecular flexibility index (Phi) is 5.67. The van der Waals surface area contributed by atoms with Crippen molar-refractivity contribution in [2.24, 2.45) is 5.73 Å². The number of carbonyl (C=O) groups is 1. The van der Waals surface area contributed by atoms with Crippen molar-refractivity contribution in [3.05, 3.63) is 59.1 Å². The first-order valence-electron chi connectivity index (χ1n) is 6.54. The Bertz CT molecular complexity index is 619. The molecule has 0 spiro atoms. The normalized spacial score (nSPS) is 12.0. The number of hydrogen-bond acceptors (Lipinski definition) is 3. The number of halogens is 1. The van der Waals surface area contributed by atoms with Crippen molar-refractivity contribution in [1.82, 2.24) is 0 Å². The molecule has 0 aliphatic heterocycles. The molecule has 1 unspecified atom stereocenters. The first-order valence-corrected chi connectivity index (χ1v) is 8.14. The minimum absolute atomic E-state index is 0.216. The lowest BCUT2D eigenvalue weighted by atomic mass is 10.1. The average molecular weight is 321 g/mol. The summed E-state index contributed by atoms with van der Waals surface area (Å²) < 4.78 is 0. The highest BCUT2D eigenvalue weighted by molar-refractivity contribution is 7.98. The van der Waals surface area contributed by atoms with Crippen LogP contribution in [0, 0.1) is 0 Å². The maximum absolute atomic E-state index is 12.1. The summed E-state index contributed by atoms with van der Waals surface area (Å²) in [6.07, 6.45) is 2.46. The van der Waals surface area contributed by atoms with E-state index in [1.165, 1.54) is 0 Å². The molecule has 5 heteroatoms. The molecule has 0 fully saturated rings. The second-order valence-corrected chi connectivity index (χ2v) is 5.89. The summed E-state index contributed by atoms with van der Waals surface area (Å²) in [4.78, 5) is 13.1. The van der Waals surface area contributed by atoms with Crippen LogP contribution in [0.1, 0.15) is 5.56 Å². The highest BCUT2D eigenvalue weighted by Gasteiger charge is 2.14. The van der Waals surface area contributed by atoms with Crippen molar-refractivity contribution in [2.75, 3.05) is 11.6 Å². The third kappa shape index (κ3) is 4.49. The molecule has 2 rings (SSSR count). The molecule has 1 amide bonds. The summed E-state index contributed by atoms with van der Waals surface area (Å²) in [5.41, 5.74) is 7.64. The molecular weight excluding hydrogens is 304 g/mol. The van der Waals surface area contributed by atoms with Gasteiger partial charge in [-0.05, 0) is 36.4 Å². The van der Waals surface area contributed by atoms with Gasteiger partial charge in [0.15, 0.2) is 0 Å². The van der Waals surface area contributed by atoms with Gasteiger partial charge in [0.2, 0.25) is 5.91 Å². The van der Waals surface area contributed by atoms with E-state index in [1.807, 2.05) is 48.7 Å². The molecule has 0 heterocycles. The molecule has 0 aliphatic rings. The number of anilines is 1. The number of nitrogens with one attached hydrogen (secondary N) is 1. The lowest BCUT2D eigenvalue weighted by Gasteiger charge is -2.13. The van der Waals surface area contributed by atoms with E-state index >= 15 is 0 Å². The highest BCUT2D eigenvalue weighted by Crippen LogP contribution is 2.27. The number of rotatable bonds is 5. The Morgan fingerprint density at radius 2 is 2.00 bits per heavy atom. The smallest absolute Gasteiger partial charge is 0.241 e. The molecule has 0 radical (unpaired) electrons.